The molecule has 3 N–H and O–H groups in total. The van der Waals surface area contributed by atoms with Crippen molar-refractivity contribution in [2.45, 2.75) is 31.7 Å². The number of amides is 2. The first kappa shape index (κ1) is 17.0. The van der Waals surface area contributed by atoms with Crippen LogP contribution in [-0.2, 0) is 0 Å². The molecule has 0 spiro atoms. The highest BCUT2D eigenvalue weighted by atomic mass is 32.1. The number of aromatic nitrogens is 2. The molecular weight excluding hydrogens is 352 g/mol. The summed E-state index contributed by atoms with van der Waals surface area (Å²) >= 11 is 1.27. The predicted octanol–water partition coefficient (Wildman–Crippen LogP) is 3.62. The van der Waals surface area contributed by atoms with Gasteiger partial charge in [-0.1, -0.05) is 29.5 Å². The molecule has 0 aliphatic heterocycles. The van der Waals surface area contributed by atoms with Crippen LogP contribution < -0.4 is 10.6 Å². The number of furan rings is 1. The van der Waals surface area contributed by atoms with Crippen molar-refractivity contribution in [1.29, 1.82) is 0 Å². The molecule has 0 saturated heterocycles. The second-order valence-corrected chi connectivity index (χ2v) is 7.54. The van der Waals surface area contributed by atoms with Crippen LogP contribution in [0.1, 0.15) is 25.7 Å². The fourth-order valence-corrected chi connectivity index (χ4v) is 3.96. The molecule has 2 heterocycles. The number of carbonyl (C=O) groups is 1. The number of nitrogens with one attached hydrogen (secondary N) is 2. The molecule has 0 atom stereocenters. The van der Waals surface area contributed by atoms with Gasteiger partial charge in [0.2, 0.25) is 5.13 Å². The Bertz CT molecular complexity index is 866. The molecule has 0 radical (unpaired) electrons. The summed E-state index contributed by atoms with van der Waals surface area (Å²) in [5.74, 6) is 1.00. The molecule has 4 rings (SSSR count). The van der Waals surface area contributed by atoms with E-state index in [0.29, 0.717) is 21.8 Å². The third kappa shape index (κ3) is 3.71. The summed E-state index contributed by atoms with van der Waals surface area (Å²) in [4.78, 5) is 12.2. The minimum atomic E-state index is -0.273. The fraction of sp³-hybridized carbons (Fsp3) is 0.389. The molecule has 1 aliphatic rings. The quantitative estimate of drug-likeness (QED) is 0.649. The van der Waals surface area contributed by atoms with Gasteiger partial charge in [0.15, 0.2) is 10.8 Å². The summed E-state index contributed by atoms with van der Waals surface area (Å²) in [5.41, 5.74) is 0.795. The maximum Gasteiger partial charge on any atom is 0.321 e. The van der Waals surface area contributed by atoms with E-state index in [1.165, 1.54) is 11.3 Å². The lowest BCUT2D eigenvalue weighted by Crippen LogP contribution is -2.40. The smallest absolute Gasteiger partial charge is 0.321 e. The summed E-state index contributed by atoms with van der Waals surface area (Å²) in [6, 6.07) is 9.53. The van der Waals surface area contributed by atoms with E-state index in [1.54, 1.807) is 0 Å². The van der Waals surface area contributed by atoms with Crippen molar-refractivity contribution in [2.24, 2.45) is 5.92 Å². The molecule has 3 aromatic rings. The maximum atomic E-state index is 12.2. The molecule has 26 heavy (non-hydrogen) atoms. The van der Waals surface area contributed by atoms with Gasteiger partial charge in [0, 0.05) is 18.0 Å². The van der Waals surface area contributed by atoms with Crippen LogP contribution in [0.25, 0.3) is 21.7 Å². The topological polar surface area (TPSA) is 100 Å². The summed E-state index contributed by atoms with van der Waals surface area (Å²) < 4.78 is 5.77. The zero-order valence-electron chi connectivity index (χ0n) is 14.1. The number of hydrogen-bond acceptors (Lipinski definition) is 6. The number of fused-ring (bicyclic) bond motifs is 1. The van der Waals surface area contributed by atoms with E-state index < -0.39 is 0 Å². The Morgan fingerprint density at radius 3 is 2.81 bits per heavy atom. The van der Waals surface area contributed by atoms with Gasteiger partial charge in [0.25, 0.3) is 0 Å². The van der Waals surface area contributed by atoms with Gasteiger partial charge in [-0.25, -0.2) is 4.79 Å². The number of hydrogen-bond donors (Lipinski definition) is 3. The van der Waals surface area contributed by atoms with Crippen LogP contribution >= 0.6 is 11.3 Å². The predicted molar refractivity (Wildman–Crippen MR) is 100 cm³/mol. The van der Waals surface area contributed by atoms with Crippen LogP contribution in [-0.4, -0.2) is 34.0 Å². The lowest BCUT2D eigenvalue weighted by atomic mass is 9.87. The first-order chi connectivity index (χ1) is 12.7. The highest BCUT2D eigenvalue weighted by molar-refractivity contribution is 7.18. The van der Waals surface area contributed by atoms with Crippen LogP contribution in [0.2, 0.25) is 0 Å². The first-order valence-corrected chi connectivity index (χ1v) is 9.54. The summed E-state index contributed by atoms with van der Waals surface area (Å²) in [6.45, 7) is 0.230. The van der Waals surface area contributed by atoms with Crippen molar-refractivity contribution < 1.29 is 14.3 Å². The third-order valence-electron chi connectivity index (χ3n) is 4.72. The molecule has 1 aromatic carbocycles. The van der Waals surface area contributed by atoms with E-state index in [9.17, 15) is 9.90 Å². The van der Waals surface area contributed by atoms with E-state index in [4.69, 9.17) is 4.42 Å². The van der Waals surface area contributed by atoms with Crippen molar-refractivity contribution in [2.75, 3.05) is 11.9 Å². The molecular formula is C18H20N4O3S. The van der Waals surface area contributed by atoms with Crippen molar-refractivity contribution in [3.8, 4) is 10.8 Å². The summed E-state index contributed by atoms with van der Waals surface area (Å²) in [7, 11) is 0. The second-order valence-electron chi connectivity index (χ2n) is 6.56. The number of nitrogens with zero attached hydrogens (tertiary/aromatic N) is 2. The zero-order valence-corrected chi connectivity index (χ0v) is 15.0. The maximum absolute atomic E-state index is 12.2. The summed E-state index contributed by atoms with van der Waals surface area (Å²) in [6.07, 6.45) is 3.66. The normalized spacial score (nSPS) is 20.2. The first-order valence-electron chi connectivity index (χ1n) is 8.72. The van der Waals surface area contributed by atoms with Crippen LogP contribution in [0.15, 0.2) is 34.7 Å². The Balaban J connectivity index is 1.36. The Morgan fingerprint density at radius 1 is 1.23 bits per heavy atom. The van der Waals surface area contributed by atoms with Gasteiger partial charge in [-0.2, -0.15) is 0 Å². The number of para-hydroxylation sites is 1. The zero-order chi connectivity index (χ0) is 17.9. The highest BCUT2D eigenvalue weighted by Gasteiger charge is 2.22. The van der Waals surface area contributed by atoms with E-state index >= 15 is 0 Å². The SMILES string of the molecule is O=C(Nc1nnc(-c2cc3ccccc3o2)s1)NC1CCC(CO)CC1. The molecule has 0 unspecified atom stereocenters. The van der Waals surface area contributed by atoms with Crippen molar-refractivity contribution in [3.05, 3.63) is 30.3 Å². The molecule has 1 saturated carbocycles. The lowest BCUT2D eigenvalue weighted by molar-refractivity contribution is 0.176. The van der Waals surface area contributed by atoms with Crippen LogP contribution in [0, 0.1) is 5.92 Å². The van der Waals surface area contributed by atoms with E-state index in [1.807, 2.05) is 30.3 Å². The Morgan fingerprint density at radius 2 is 2.04 bits per heavy atom. The largest absolute Gasteiger partial charge is 0.453 e. The van der Waals surface area contributed by atoms with Gasteiger partial charge in [-0.15, -0.1) is 10.2 Å². The number of urea groups is 1. The lowest BCUT2D eigenvalue weighted by Gasteiger charge is -2.27. The molecule has 0 bridgehead atoms. The Kier molecular flexibility index (Phi) is 4.85. The number of aliphatic hydroxyl groups excluding tert-OH is 1. The van der Waals surface area contributed by atoms with Crippen molar-refractivity contribution in [3.63, 3.8) is 0 Å². The fourth-order valence-electron chi connectivity index (χ4n) is 3.27. The minimum Gasteiger partial charge on any atom is -0.453 e. The molecule has 2 amide bonds. The van der Waals surface area contributed by atoms with E-state index in [-0.39, 0.29) is 18.7 Å². The van der Waals surface area contributed by atoms with Gasteiger partial charge in [0.1, 0.15) is 5.58 Å². The van der Waals surface area contributed by atoms with Crippen LogP contribution in [0.5, 0.6) is 0 Å². The highest BCUT2D eigenvalue weighted by Crippen LogP contribution is 2.31. The number of benzene rings is 1. The number of anilines is 1. The Hall–Kier alpha value is -2.45. The molecule has 8 heteroatoms. The van der Waals surface area contributed by atoms with E-state index in [0.717, 1.165) is 36.7 Å². The standard InChI is InChI=1S/C18H20N4O3S/c23-10-11-5-7-13(8-6-11)19-17(24)20-18-22-21-16(26-18)15-9-12-3-1-2-4-14(12)25-15/h1-4,9,11,13,23H,5-8,10H2,(H2,19,20,22,24). The third-order valence-corrected chi connectivity index (χ3v) is 5.58. The second kappa shape index (κ2) is 7.43. The Labute approximate surface area is 154 Å². The van der Waals surface area contributed by atoms with Crippen molar-refractivity contribution >= 4 is 33.5 Å². The number of aliphatic hydroxyl groups is 1. The number of rotatable bonds is 4. The molecule has 136 valence electrons. The molecule has 2 aromatic heterocycles. The number of carbonyl (C=O) groups excluding carboxylic acids is 1. The molecule has 1 aliphatic carbocycles. The van der Waals surface area contributed by atoms with Crippen molar-refractivity contribution in [1.82, 2.24) is 15.5 Å². The monoisotopic (exact) mass is 372 g/mol. The van der Waals surface area contributed by atoms with Gasteiger partial charge in [0.05, 0.1) is 0 Å². The van der Waals surface area contributed by atoms with Gasteiger partial charge in [-0.05, 0) is 43.7 Å². The molecule has 1 fully saturated rings. The van der Waals surface area contributed by atoms with Gasteiger partial charge >= 0.3 is 6.03 Å². The minimum absolute atomic E-state index is 0.139. The molecule has 7 nitrogen and oxygen atoms in total. The van der Waals surface area contributed by atoms with Crippen LogP contribution in [0.4, 0.5) is 9.93 Å². The average molecular weight is 372 g/mol. The van der Waals surface area contributed by atoms with Gasteiger partial charge < -0.3 is 14.8 Å². The average Bonchev–Trinajstić information content (AvgIpc) is 3.28. The summed E-state index contributed by atoms with van der Waals surface area (Å²) in [5, 5.41) is 25.1. The van der Waals surface area contributed by atoms with Gasteiger partial charge in [-0.3, -0.25) is 5.32 Å². The van der Waals surface area contributed by atoms with Crippen LogP contribution in [0.3, 0.4) is 0 Å². The van der Waals surface area contributed by atoms with E-state index in [2.05, 4.69) is 20.8 Å².